The average Bonchev–Trinajstić information content (AvgIpc) is 1.77. The molecule has 0 unspecified atom stereocenters. The number of allylic oxidation sites excluding steroid dienone is 4. The lowest BCUT2D eigenvalue weighted by Gasteiger charge is -2.00. The molecule has 0 saturated carbocycles. The Morgan fingerprint density at radius 3 is 2.75 bits per heavy atom. The van der Waals surface area contributed by atoms with Gasteiger partial charge >= 0.3 is 0 Å². The molecule has 1 aliphatic carbocycles. The van der Waals surface area contributed by atoms with E-state index in [-0.39, 0.29) is 5.83 Å². The predicted octanol–water partition coefficient (Wildman–Crippen LogP) is 2.73. The lowest BCUT2D eigenvalue weighted by Crippen LogP contribution is -1.82. The summed E-state index contributed by atoms with van der Waals surface area (Å²) < 4.78 is 12.9. The van der Waals surface area contributed by atoms with Crippen LogP contribution in [0.15, 0.2) is 22.5 Å². The molecular formula is C6H5BrF. The molecule has 0 atom stereocenters. The second-order valence-electron chi connectivity index (χ2n) is 1.54. The Bertz CT molecular complexity index is 147. The van der Waals surface area contributed by atoms with Crippen molar-refractivity contribution >= 4 is 15.9 Å². The SMILES string of the molecule is FC1=C(Br)[CH]CC=C1. The molecule has 2 heteroatoms. The van der Waals surface area contributed by atoms with Gasteiger partial charge in [-0.1, -0.05) is 22.0 Å². The Morgan fingerprint density at radius 2 is 2.38 bits per heavy atom. The minimum absolute atomic E-state index is 0.184. The van der Waals surface area contributed by atoms with Crippen molar-refractivity contribution in [1.29, 1.82) is 0 Å². The van der Waals surface area contributed by atoms with Crippen LogP contribution in [0, 0.1) is 6.42 Å². The van der Waals surface area contributed by atoms with Crippen LogP contribution in [-0.4, -0.2) is 0 Å². The molecule has 0 saturated heterocycles. The Balaban J connectivity index is 2.76. The monoisotopic (exact) mass is 175 g/mol. The van der Waals surface area contributed by atoms with Gasteiger partial charge in [0, 0.05) is 10.9 Å². The Morgan fingerprint density at radius 1 is 1.62 bits per heavy atom. The van der Waals surface area contributed by atoms with E-state index in [4.69, 9.17) is 0 Å². The minimum atomic E-state index is -0.184. The van der Waals surface area contributed by atoms with Crippen LogP contribution in [0.4, 0.5) is 4.39 Å². The van der Waals surface area contributed by atoms with Gasteiger partial charge in [-0.25, -0.2) is 4.39 Å². The van der Waals surface area contributed by atoms with E-state index in [1.807, 2.05) is 0 Å². The molecule has 0 aromatic heterocycles. The highest BCUT2D eigenvalue weighted by molar-refractivity contribution is 9.11. The summed E-state index contributed by atoms with van der Waals surface area (Å²) in [6.07, 6.45) is 5.85. The highest BCUT2D eigenvalue weighted by Crippen LogP contribution is 2.23. The van der Waals surface area contributed by atoms with Gasteiger partial charge in [-0.3, -0.25) is 0 Å². The van der Waals surface area contributed by atoms with Gasteiger partial charge in [0.05, 0.1) is 0 Å². The van der Waals surface area contributed by atoms with Crippen molar-refractivity contribution in [3.63, 3.8) is 0 Å². The smallest absolute Gasteiger partial charge is 0.133 e. The molecule has 1 rings (SSSR count). The zero-order chi connectivity index (χ0) is 5.98. The summed E-state index contributed by atoms with van der Waals surface area (Å²) in [5.74, 6) is -0.184. The molecule has 0 fully saturated rings. The largest absolute Gasteiger partial charge is 0.206 e. The van der Waals surface area contributed by atoms with Gasteiger partial charge in [-0.05, 0) is 12.5 Å². The van der Waals surface area contributed by atoms with Crippen molar-refractivity contribution in [2.75, 3.05) is 0 Å². The second-order valence-corrected chi connectivity index (χ2v) is 2.39. The lowest BCUT2D eigenvalue weighted by molar-refractivity contribution is 0.659. The van der Waals surface area contributed by atoms with Crippen LogP contribution in [0.2, 0.25) is 0 Å². The molecule has 1 radical (unpaired) electrons. The van der Waals surface area contributed by atoms with Crippen LogP contribution in [0.3, 0.4) is 0 Å². The Labute approximate surface area is 56.2 Å². The lowest BCUT2D eigenvalue weighted by atomic mass is 10.2. The third-order valence-corrected chi connectivity index (χ3v) is 1.63. The fraction of sp³-hybridized carbons (Fsp3) is 0.167. The highest BCUT2D eigenvalue weighted by atomic mass is 79.9. The topological polar surface area (TPSA) is 0 Å². The molecule has 8 heavy (non-hydrogen) atoms. The molecule has 0 aromatic carbocycles. The standard InChI is InChI=1S/C6H5BrF/c7-5-3-1-2-4-6(5)8/h2-4H,1H2. The number of halogens is 2. The molecule has 43 valence electrons. The van der Waals surface area contributed by atoms with E-state index >= 15 is 0 Å². The van der Waals surface area contributed by atoms with Crippen molar-refractivity contribution in [3.8, 4) is 0 Å². The normalized spacial score (nSPS) is 19.8. The van der Waals surface area contributed by atoms with Crippen LogP contribution < -0.4 is 0 Å². The van der Waals surface area contributed by atoms with Crippen LogP contribution >= 0.6 is 15.9 Å². The summed E-state index contributed by atoms with van der Waals surface area (Å²) in [7, 11) is 0. The highest BCUT2D eigenvalue weighted by Gasteiger charge is 2.02. The molecular weight excluding hydrogens is 171 g/mol. The Hall–Kier alpha value is -0.110. The maximum absolute atomic E-state index is 12.3. The van der Waals surface area contributed by atoms with E-state index in [0.717, 1.165) is 6.42 Å². The van der Waals surface area contributed by atoms with Crippen molar-refractivity contribution in [2.45, 2.75) is 6.42 Å². The van der Waals surface area contributed by atoms with E-state index in [1.54, 1.807) is 12.5 Å². The fourth-order valence-electron chi connectivity index (χ4n) is 0.520. The molecule has 0 amide bonds. The molecule has 0 heterocycles. The average molecular weight is 176 g/mol. The summed E-state index contributed by atoms with van der Waals surface area (Å²) >= 11 is 3.05. The minimum Gasteiger partial charge on any atom is -0.206 e. The maximum atomic E-state index is 12.3. The van der Waals surface area contributed by atoms with E-state index in [0.29, 0.717) is 4.48 Å². The molecule has 0 aliphatic heterocycles. The summed E-state index contributed by atoms with van der Waals surface area (Å²) in [6, 6.07) is 0. The maximum Gasteiger partial charge on any atom is 0.133 e. The van der Waals surface area contributed by atoms with Gasteiger partial charge in [-0.15, -0.1) is 0 Å². The van der Waals surface area contributed by atoms with Crippen LogP contribution in [0.25, 0.3) is 0 Å². The van der Waals surface area contributed by atoms with Crippen molar-refractivity contribution in [3.05, 3.63) is 28.9 Å². The van der Waals surface area contributed by atoms with Crippen molar-refractivity contribution in [2.24, 2.45) is 0 Å². The number of hydrogen-bond donors (Lipinski definition) is 0. The predicted molar refractivity (Wildman–Crippen MR) is 35.1 cm³/mol. The molecule has 0 nitrogen and oxygen atoms in total. The number of hydrogen-bond acceptors (Lipinski definition) is 0. The molecule has 1 aliphatic rings. The zero-order valence-corrected chi connectivity index (χ0v) is 5.78. The number of rotatable bonds is 0. The van der Waals surface area contributed by atoms with Crippen molar-refractivity contribution < 1.29 is 4.39 Å². The van der Waals surface area contributed by atoms with Gasteiger partial charge in [0.25, 0.3) is 0 Å². The van der Waals surface area contributed by atoms with E-state index in [2.05, 4.69) is 15.9 Å². The molecule has 0 spiro atoms. The van der Waals surface area contributed by atoms with Gasteiger partial charge in [0.15, 0.2) is 0 Å². The van der Waals surface area contributed by atoms with Gasteiger partial charge in [0.2, 0.25) is 0 Å². The molecule has 0 bridgehead atoms. The summed E-state index contributed by atoms with van der Waals surface area (Å²) in [4.78, 5) is 0. The van der Waals surface area contributed by atoms with E-state index in [9.17, 15) is 4.39 Å². The molecule has 0 N–H and O–H groups in total. The van der Waals surface area contributed by atoms with Crippen LogP contribution in [0.1, 0.15) is 6.42 Å². The quantitative estimate of drug-likeness (QED) is 0.532. The summed E-state index contributed by atoms with van der Waals surface area (Å²) in [5.41, 5.74) is 0. The fourth-order valence-corrected chi connectivity index (χ4v) is 0.839. The first-order chi connectivity index (χ1) is 3.80. The summed E-state index contributed by atoms with van der Waals surface area (Å²) in [5, 5.41) is 0. The van der Waals surface area contributed by atoms with Crippen LogP contribution in [0.5, 0.6) is 0 Å². The van der Waals surface area contributed by atoms with Gasteiger partial charge in [-0.2, -0.15) is 0 Å². The van der Waals surface area contributed by atoms with E-state index in [1.165, 1.54) is 6.08 Å². The van der Waals surface area contributed by atoms with Gasteiger partial charge in [0.1, 0.15) is 5.83 Å². The first kappa shape index (κ1) is 6.02. The Kier molecular flexibility index (Phi) is 1.84. The molecule has 0 aromatic rings. The third-order valence-electron chi connectivity index (χ3n) is 0.925. The van der Waals surface area contributed by atoms with Gasteiger partial charge < -0.3 is 0 Å². The first-order valence-electron chi connectivity index (χ1n) is 2.36. The van der Waals surface area contributed by atoms with Crippen molar-refractivity contribution in [1.82, 2.24) is 0 Å². The second kappa shape index (κ2) is 2.44. The zero-order valence-electron chi connectivity index (χ0n) is 4.20. The van der Waals surface area contributed by atoms with E-state index < -0.39 is 0 Å². The first-order valence-corrected chi connectivity index (χ1v) is 3.15. The van der Waals surface area contributed by atoms with Crippen LogP contribution in [-0.2, 0) is 0 Å². The summed E-state index contributed by atoms with van der Waals surface area (Å²) in [6.45, 7) is 0. The third kappa shape index (κ3) is 1.19.